The van der Waals surface area contributed by atoms with Crippen LogP contribution in [0.25, 0.3) is 11.3 Å². The lowest BCUT2D eigenvalue weighted by Crippen LogP contribution is -1.93. The molecule has 86 valence electrons. The average molecular weight is 247 g/mol. The molecule has 0 radical (unpaired) electrons. The number of ether oxygens (including phenoxy) is 1. The first kappa shape index (κ1) is 11.4. The summed E-state index contributed by atoms with van der Waals surface area (Å²) in [7, 11) is 1.55. The molecule has 5 nitrogen and oxygen atoms in total. The summed E-state index contributed by atoms with van der Waals surface area (Å²) < 4.78 is 10.4. The van der Waals surface area contributed by atoms with Crippen molar-refractivity contribution in [1.29, 1.82) is 5.26 Å². The van der Waals surface area contributed by atoms with E-state index in [1.54, 1.807) is 25.4 Å². The van der Waals surface area contributed by atoms with Crippen molar-refractivity contribution in [3.63, 3.8) is 0 Å². The Morgan fingerprint density at radius 2 is 2.35 bits per heavy atom. The molecule has 1 aromatic carbocycles. The van der Waals surface area contributed by atoms with Gasteiger partial charge in [-0.1, -0.05) is 0 Å². The highest BCUT2D eigenvalue weighted by Crippen LogP contribution is 2.37. The zero-order valence-corrected chi connectivity index (χ0v) is 9.82. The molecule has 2 N–H and O–H groups in total. The largest absolute Gasteiger partial charge is 0.496 e. The van der Waals surface area contributed by atoms with Gasteiger partial charge in [-0.05, 0) is 17.8 Å². The van der Waals surface area contributed by atoms with Crippen molar-refractivity contribution in [2.24, 2.45) is 0 Å². The summed E-state index contributed by atoms with van der Waals surface area (Å²) in [6.07, 6.45) is 2.91. The first-order chi connectivity index (χ1) is 8.26. The number of hydrogen-bond acceptors (Lipinski definition) is 6. The van der Waals surface area contributed by atoms with Crippen LogP contribution in [0.15, 0.2) is 34.0 Å². The fourth-order valence-electron chi connectivity index (χ4n) is 1.42. The zero-order valence-electron chi connectivity index (χ0n) is 9.01. The number of thiocyanates is 1. The number of rotatable bonds is 3. The Kier molecular flexibility index (Phi) is 3.21. The normalized spacial score (nSPS) is 9.88. The second-order valence-electron chi connectivity index (χ2n) is 3.15. The van der Waals surface area contributed by atoms with Crippen LogP contribution in [0.3, 0.4) is 0 Å². The lowest BCUT2D eigenvalue weighted by atomic mass is 10.1. The number of nitrogens with zero attached hydrogens (tertiary/aromatic N) is 2. The minimum Gasteiger partial charge on any atom is -0.496 e. The third-order valence-corrected chi connectivity index (χ3v) is 2.85. The summed E-state index contributed by atoms with van der Waals surface area (Å²) in [5, 5.41) is 10.7. The van der Waals surface area contributed by atoms with E-state index in [0.717, 1.165) is 17.3 Å². The summed E-state index contributed by atoms with van der Waals surface area (Å²) in [6, 6.07) is 3.42. The molecule has 17 heavy (non-hydrogen) atoms. The zero-order chi connectivity index (χ0) is 12.3. The van der Waals surface area contributed by atoms with E-state index in [4.69, 9.17) is 20.1 Å². The summed E-state index contributed by atoms with van der Waals surface area (Å²) in [6.45, 7) is 0. The predicted octanol–water partition coefficient (Wildman–Crippen LogP) is 2.51. The van der Waals surface area contributed by atoms with E-state index in [-0.39, 0.29) is 0 Å². The third-order valence-electron chi connectivity index (χ3n) is 2.19. The number of aromatic nitrogens is 1. The molecule has 0 aliphatic heterocycles. The van der Waals surface area contributed by atoms with Crippen LogP contribution in [0.5, 0.6) is 5.75 Å². The van der Waals surface area contributed by atoms with Gasteiger partial charge in [0.2, 0.25) is 0 Å². The summed E-state index contributed by atoms with van der Waals surface area (Å²) in [5.74, 6) is 1.16. The maximum absolute atomic E-state index is 8.68. The summed E-state index contributed by atoms with van der Waals surface area (Å²) >= 11 is 0.995. The van der Waals surface area contributed by atoms with Crippen LogP contribution in [0.4, 0.5) is 5.69 Å². The molecule has 0 fully saturated rings. The quantitative estimate of drug-likeness (QED) is 0.509. The monoisotopic (exact) mass is 247 g/mol. The Labute approximate surface area is 102 Å². The van der Waals surface area contributed by atoms with Gasteiger partial charge in [0.15, 0.2) is 12.2 Å². The van der Waals surface area contributed by atoms with Crippen LogP contribution in [0, 0.1) is 10.7 Å². The number of nitrogens with two attached hydrogens (primary N) is 1. The minimum absolute atomic E-state index is 0.497. The number of thioether (sulfide) groups is 1. The topological polar surface area (TPSA) is 85.1 Å². The second-order valence-corrected chi connectivity index (χ2v) is 3.98. The van der Waals surface area contributed by atoms with Crippen molar-refractivity contribution in [3.8, 4) is 22.5 Å². The summed E-state index contributed by atoms with van der Waals surface area (Å²) in [4.78, 5) is 4.51. The van der Waals surface area contributed by atoms with Crippen LogP contribution < -0.4 is 10.5 Å². The molecule has 0 bridgehead atoms. The van der Waals surface area contributed by atoms with E-state index < -0.39 is 0 Å². The standard InChI is InChI=1S/C11H9N3O2S/c1-15-9-3-8(13)11(17-5-12)2-7(9)10-4-14-6-16-10/h2-4,6H,13H2,1H3. The summed E-state index contributed by atoms with van der Waals surface area (Å²) in [5.41, 5.74) is 7.02. The third kappa shape index (κ3) is 2.19. The van der Waals surface area contributed by atoms with Crippen molar-refractivity contribution >= 4 is 17.4 Å². The number of methoxy groups -OCH3 is 1. The van der Waals surface area contributed by atoms with Crippen LogP contribution in [-0.2, 0) is 0 Å². The molecular formula is C11H9N3O2S. The first-order valence-electron chi connectivity index (χ1n) is 4.68. The molecule has 2 rings (SSSR count). The van der Waals surface area contributed by atoms with Crippen molar-refractivity contribution in [2.45, 2.75) is 4.90 Å². The van der Waals surface area contributed by atoms with Crippen molar-refractivity contribution in [2.75, 3.05) is 12.8 Å². The van der Waals surface area contributed by atoms with Gasteiger partial charge in [0, 0.05) is 11.0 Å². The number of anilines is 1. The molecule has 1 aromatic heterocycles. The van der Waals surface area contributed by atoms with Gasteiger partial charge in [-0.2, -0.15) is 5.26 Å². The Morgan fingerprint density at radius 1 is 1.53 bits per heavy atom. The fourth-order valence-corrected chi connectivity index (χ4v) is 1.88. The SMILES string of the molecule is COc1cc(N)c(SC#N)cc1-c1cnco1. The van der Waals surface area contributed by atoms with Crippen molar-refractivity contribution in [1.82, 2.24) is 4.98 Å². The molecule has 0 aliphatic rings. The molecule has 0 saturated carbocycles. The van der Waals surface area contributed by atoms with E-state index in [1.165, 1.54) is 6.39 Å². The predicted molar refractivity (Wildman–Crippen MR) is 64.4 cm³/mol. The molecule has 1 heterocycles. The Balaban J connectivity index is 2.57. The van der Waals surface area contributed by atoms with Gasteiger partial charge in [0.25, 0.3) is 0 Å². The van der Waals surface area contributed by atoms with Crippen LogP contribution in [-0.4, -0.2) is 12.1 Å². The number of nitrogen functional groups attached to an aromatic ring is 1. The second kappa shape index (κ2) is 4.80. The highest BCUT2D eigenvalue weighted by molar-refractivity contribution is 8.03. The number of nitriles is 1. The van der Waals surface area contributed by atoms with Crippen LogP contribution >= 0.6 is 11.8 Å². The number of hydrogen-bond donors (Lipinski definition) is 1. The molecule has 2 aromatic rings. The van der Waals surface area contributed by atoms with Gasteiger partial charge in [-0.25, -0.2) is 4.98 Å². The van der Waals surface area contributed by atoms with Gasteiger partial charge in [-0.15, -0.1) is 0 Å². The molecule has 6 heteroatoms. The molecule has 0 unspecified atom stereocenters. The average Bonchev–Trinajstić information content (AvgIpc) is 2.85. The Bertz CT molecular complexity index is 561. The van der Waals surface area contributed by atoms with E-state index >= 15 is 0 Å². The van der Waals surface area contributed by atoms with Crippen LogP contribution in [0.2, 0.25) is 0 Å². The first-order valence-corrected chi connectivity index (χ1v) is 5.50. The Morgan fingerprint density at radius 3 is 2.94 bits per heavy atom. The molecule has 0 spiro atoms. The molecule has 0 atom stereocenters. The van der Waals surface area contributed by atoms with E-state index in [0.29, 0.717) is 22.1 Å². The van der Waals surface area contributed by atoms with Gasteiger partial charge in [-0.3, -0.25) is 0 Å². The maximum Gasteiger partial charge on any atom is 0.181 e. The fraction of sp³-hybridized carbons (Fsp3) is 0.0909. The van der Waals surface area contributed by atoms with Gasteiger partial charge in [0.05, 0.1) is 24.6 Å². The number of benzene rings is 1. The Hall–Kier alpha value is -2.13. The van der Waals surface area contributed by atoms with Crippen LogP contribution in [0.1, 0.15) is 0 Å². The lowest BCUT2D eigenvalue weighted by molar-refractivity contribution is 0.414. The smallest absolute Gasteiger partial charge is 0.181 e. The van der Waals surface area contributed by atoms with E-state index in [9.17, 15) is 0 Å². The number of oxazole rings is 1. The van der Waals surface area contributed by atoms with Gasteiger partial charge >= 0.3 is 0 Å². The molecular weight excluding hydrogens is 238 g/mol. The van der Waals surface area contributed by atoms with Gasteiger partial charge < -0.3 is 14.9 Å². The van der Waals surface area contributed by atoms with Crippen molar-refractivity contribution < 1.29 is 9.15 Å². The highest BCUT2D eigenvalue weighted by atomic mass is 32.2. The molecule has 0 aliphatic carbocycles. The molecule has 0 saturated heterocycles. The maximum atomic E-state index is 8.68. The van der Waals surface area contributed by atoms with Crippen molar-refractivity contribution in [3.05, 3.63) is 24.7 Å². The lowest BCUT2D eigenvalue weighted by Gasteiger charge is -2.09. The highest BCUT2D eigenvalue weighted by Gasteiger charge is 2.13. The minimum atomic E-state index is 0.497. The molecule has 0 amide bonds. The van der Waals surface area contributed by atoms with Gasteiger partial charge in [0.1, 0.15) is 11.2 Å². The van der Waals surface area contributed by atoms with E-state index in [1.807, 2.05) is 5.40 Å². The van der Waals surface area contributed by atoms with E-state index in [2.05, 4.69) is 4.98 Å².